The summed E-state index contributed by atoms with van der Waals surface area (Å²) in [5, 5.41) is 15.4. The maximum Gasteiger partial charge on any atom is 0.314 e. The van der Waals surface area contributed by atoms with Gasteiger partial charge in [0.15, 0.2) is 0 Å². The van der Waals surface area contributed by atoms with Crippen molar-refractivity contribution >= 4 is 11.9 Å². The molecule has 6 heteroatoms. The van der Waals surface area contributed by atoms with Gasteiger partial charge in [-0.25, -0.2) is 0 Å². The Kier molecular flexibility index (Phi) is 13.0. The SMILES string of the molecule is CC(N)[C@@H](C)c1ccccc1.C[C@H](N)[C@@H](C)c1ccccc1.O=C(O)CC(=O)O. The zero-order chi connectivity index (χ0) is 22.4. The van der Waals surface area contributed by atoms with E-state index in [-0.39, 0.29) is 12.1 Å². The van der Waals surface area contributed by atoms with Crippen LogP contribution in [0.15, 0.2) is 60.7 Å². The number of nitrogens with two attached hydrogens (primary N) is 2. The number of aliphatic carboxylic acids is 2. The first kappa shape index (κ1) is 26.3. The van der Waals surface area contributed by atoms with E-state index in [1.807, 2.05) is 50.2 Å². The summed E-state index contributed by atoms with van der Waals surface area (Å²) in [5.74, 6) is -1.72. The van der Waals surface area contributed by atoms with Crippen LogP contribution in [0.4, 0.5) is 0 Å². The van der Waals surface area contributed by atoms with Crippen LogP contribution in [0.5, 0.6) is 0 Å². The lowest BCUT2D eigenvalue weighted by molar-refractivity contribution is -0.147. The summed E-state index contributed by atoms with van der Waals surface area (Å²) >= 11 is 0. The predicted octanol–water partition coefficient (Wildman–Crippen LogP) is 3.82. The molecule has 6 nitrogen and oxygen atoms in total. The second kappa shape index (κ2) is 14.3. The molecule has 0 aliphatic rings. The maximum absolute atomic E-state index is 9.43. The van der Waals surface area contributed by atoms with Crippen molar-refractivity contribution in [3.05, 3.63) is 71.8 Å². The van der Waals surface area contributed by atoms with Crippen LogP contribution in [-0.2, 0) is 9.59 Å². The van der Waals surface area contributed by atoms with Crippen molar-refractivity contribution in [2.45, 2.75) is 58.0 Å². The van der Waals surface area contributed by atoms with Crippen LogP contribution in [0.25, 0.3) is 0 Å². The first-order valence-corrected chi connectivity index (χ1v) is 9.60. The third-order valence-electron chi connectivity index (χ3n) is 4.53. The third-order valence-corrected chi connectivity index (χ3v) is 4.53. The second-order valence-electron chi connectivity index (χ2n) is 7.08. The normalized spacial score (nSPS) is 14.0. The molecule has 6 N–H and O–H groups in total. The number of carbonyl (C=O) groups is 2. The van der Waals surface area contributed by atoms with E-state index in [4.69, 9.17) is 21.7 Å². The quantitative estimate of drug-likeness (QED) is 0.544. The predicted molar refractivity (Wildman–Crippen MR) is 117 cm³/mol. The number of hydrogen-bond acceptors (Lipinski definition) is 4. The Morgan fingerprint density at radius 3 is 1.14 bits per heavy atom. The third kappa shape index (κ3) is 12.4. The second-order valence-corrected chi connectivity index (χ2v) is 7.08. The minimum Gasteiger partial charge on any atom is -0.481 e. The van der Waals surface area contributed by atoms with Crippen LogP contribution in [-0.4, -0.2) is 34.2 Å². The minimum absolute atomic E-state index is 0.234. The monoisotopic (exact) mass is 402 g/mol. The van der Waals surface area contributed by atoms with Crippen molar-refractivity contribution < 1.29 is 19.8 Å². The fourth-order valence-electron chi connectivity index (χ4n) is 2.25. The Labute approximate surface area is 173 Å². The molecule has 0 amide bonds. The van der Waals surface area contributed by atoms with E-state index in [0.29, 0.717) is 11.8 Å². The van der Waals surface area contributed by atoms with Crippen LogP contribution < -0.4 is 11.5 Å². The smallest absolute Gasteiger partial charge is 0.314 e. The van der Waals surface area contributed by atoms with E-state index in [9.17, 15) is 9.59 Å². The van der Waals surface area contributed by atoms with Crippen LogP contribution in [0.3, 0.4) is 0 Å². The van der Waals surface area contributed by atoms with Crippen LogP contribution in [0.2, 0.25) is 0 Å². The molecule has 0 aliphatic carbocycles. The van der Waals surface area contributed by atoms with Gasteiger partial charge in [-0.3, -0.25) is 9.59 Å². The Morgan fingerprint density at radius 1 is 0.690 bits per heavy atom. The Morgan fingerprint density at radius 2 is 0.966 bits per heavy atom. The van der Waals surface area contributed by atoms with Gasteiger partial charge in [-0.05, 0) is 36.8 Å². The molecule has 2 aromatic rings. The lowest BCUT2D eigenvalue weighted by Crippen LogP contribution is -2.22. The zero-order valence-electron chi connectivity index (χ0n) is 17.7. The van der Waals surface area contributed by atoms with E-state index >= 15 is 0 Å². The molecule has 2 rings (SSSR count). The lowest BCUT2D eigenvalue weighted by Gasteiger charge is -2.15. The molecule has 1 unspecified atom stereocenters. The highest BCUT2D eigenvalue weighted by atomic mass is 16.4. The summed E-state index contributed by atoms with van der Waals surface area (Å²) in [6.07, 6.45) is -0.806. The van der Waals surface area contributed by atoms with E-state index in [1.165, 1.54) is 11.1 Å². The number of carboxylic acids is 2. The fraction of sp³-hybridized carbons (Fsp3) is 0.391. The molecule has 2 aromatic carbocycles. The van der Waals surface area contributed by atoms with E-state index in [1.54, 1.807) is 0 Å². The molecule has 0 saturated carbocycles. The van der Waals surface area contributed by atoms with Crippen LogP contribution >= 0.6 is 0 Å². The summed E-state index contributed by atoms with van der Waals surface area (Å²) in [7, 11) is 0. The number of rotatable bonds is 6. The van der Waals surface area contributed by atoms with Gasteiger partial charge in [0, 0.05) is 12.1 Å². The molecule has 4 atom stereocenters. The van der Waals surface area contributed by atoms with E-state index < -0.39 is 18.4 Å². The maximum atomic E-state index is 9.43. The van der Waals surface area contributed by atoms with E-state index in [2.05, 4.69) is 38.1 Å². The summed E-state index contributed by atoms with van der Waals surface area (Å²) in [6.45, 7) is 8.38. The highest BCUT2D eigenvalue weighted by Crippen LogP contribution is 2.17. The average Bonchev–Trinajstić information content (AvgIpc) is 2.68. The molecule has 0 heterocycles. The summed E-state index contributed by atoms with van der Waals surface area (Å²) < 4.78 is 0. The molecule has 0 spiro atoms. The van der Waals surface area contributed by atoms with E-state index in [0.717, 1.165) is 0 Å². The van der Waals surface area contributed by atoms with Gasteiger partial charge in [-0.1, -0.05) is 74.5 Å². The first-order valence-electron chi connectivity index (χ1n) is 9.60. The molecular weight excluding hydrogens is 368 g/mol. The summed E-state index contributed by atoms with van der Waals surface area (Å²) in [4.78, 5) is 18.9. The van der Waals surface area contributed by atoms with Crippen molar-refractivity contribution in [3.8, 4) is 0 Å². The molecule has 29 heavy (non-hydrogen) atoms. The van der Waals surface area contributed by atoms with Gasteiger partial charge in [0.25, 0.3) is 0 Å². The van der Waals surface area contributed by atoms with Gasteiger partial charge in [0.05, 0.1) is 0 Å². The van der Waals surface area contributed by atoms with Gasteiger partial charge < -0.3 is 21.7 Å². The number of hydrogen-bond donors (Lipinski definition) is 4. The largest absolute Gasteiger partial charge is 0.481 e. The van der Waals surface area contributed by atoms with Gasteiger partial charge >= 0.3 is 11.9 Å². The lowest BCUT2D eigenvalue weighted by atomic mass is 9.95. The molecule has 160 valence electrons. The fourth-order valence-corrected chi connectivity index (χ4v) is 2.25. The Balaban J connectivity index is 0.000000419. The highest BCUT2D eigenvalue weighted by Gasteiger charge is 2.09. The Bertz CT molecular complexity index is 642. The number of benzene rings is 2. The van der Waals surface area contributed by atoms with Crippen molar-refractivity contribution in [2.75, 3.05) is 0 Å². The summed E-state index contributed by atoms with van der Waals surface area (Å²) in [6, 6.07) is 21.2. The molecule has 0 bridgehead atoms. The number of carboxylic acid groups (broad SMARTS) is 2. The topological polar surface area (TPSA) is 127 Å². The molecule has 0 saturated heterocycles. The van der Waals surface area contributed by atoms with Crippen LogP contribution in [0, 0.1) is 0 Å². The highest BCUT2D eigenvalue weighted by molar-refractivity contribution is 5.88. The van der Waals surface area contributed by atoms with Gasteiger partial charge in [-0.2, -0.15) is 0 Å². The summed E-state index contributed by atoms with van der Waals surface area (Å²) in [5.41, 5.74) is 14.2. The van der Waals surface area contributed by atoms with Crippen molar-refractivity contribution in [1.29, 1.82) is 0 Å². The molecule has 0 radical (unpaired) electrons. The molecular formula is C23H34N2O4. The van der Waals surface area contributed by atoms with Gasteiger partial charge in [-0.15, -0.1) is 0 Å². The molecule has 0 aromatic heterocycles. The first-order chi connectivity index (χ1) is 13.6. The van der Waals surface area contributed by atoms with Crippen molar-refractivity contribution in [3.63, 3.8) is 0 Å². The Hall–Kier alpha value is -2.70. The van der Waals surface area contributed by atoms with Crippen molar-refractivity contribution in [1.82, 2.24) is 0 Å². The van der Waals surface area contributed by atoms with Gasteiger partial charge in [0.2, 0.25) is 0 Å². The van der Waals surface area contributed by atoms with Crippen molar-refractivity contribution in [2.24, 2.45) is 11.5 Å². The molecule has 0 fully saturated rings. The minimum atomic E-state index is -1.31. The average molecular weight is 403 g/mol. The molecule has 0 aliphatic heterocycles. The zero-order valence-corrected chi connectivity index (χ0v) is 17.7. The van der Waals surface area contributed by atoms with Crippen LogP contribution in [0.1, 0.15) is 57.1 Å². The van der Waals surface area contributed by atoms with Gasteiger partial charge in [0.1, 0.15) is 6.42 Å². The standard InChI is InChI=1S/2C10H15N.C3H4O4/c2*1-8(9(2)11)10-6-4-3-5-7-10;4-2(5)1-3(6)7/h2*3-9H,11H2,1-2H3;1H2,(H,4,5)(H,6,7)/t8-,9?;8-,9+;/m11./s1.